The standard InChI is InChI=1S/C17H28N4/c1-15-4-10-21(11-5-15)17(16-2-6-18-7-3-16)14-20-12-8-19-9-13-20/h2-3,6-7,15,17,19H,4-5,8-14H2,1H3. The number of nitrogens with zero attached hydrogens (tertiary/aromatic N) is 3. The number of aromatic nitrogens is 1. The minimum atomic E-state index is 0.526. The van der Waals surface area contributed by atoms with Gasteiger partial charge in [-0.15, -0.1) is 0 Å². The molecule has 0 amide bonds. The summed E-state index contributed by atoms with van der Waals surface area (Å²) >= 11 is 0. The Hall–Kier alpha value is -0.970. The highest BCUT2D eigenvalue weighted by Gasteiger charge is 2.26. The van der Waals surface area contributed by atoms with E-state index in [2.05, 4.69) is 39.2 Å². The Bertz CT molecular complexity index is 408. The Balaban J connectivity index is 1.71. The van der Waals surface area contributed by atoms with Crippen LogP contribution in [0.2, 0.25) is 0 Å². The number of rotatable bonds is 4. The second kappa shape index (κ2) is 7.34. The van der Waals surface area contributed by atoms with Crippen LogP contribution in [-0.2, 0) is 0 Å². The Kier molecular flexibility index (Phi) is 5.22. The second-order valence-electron chi connectivity index (χ2n) is 6.57. The van der Waals surface area contributed by atoms with Crippen LogP contribution in [0.25, 0.3) is 0 Å². The highest BCUT2D eigenvalue weighted by atomic mass is 15.2. The van der Waals surface area contributed by atoms with Gasteiger partial charge in [0.2, 0.25) is 0 Å². The fourth-order valence-corrected chi connectivity index (χ4v) is 3.50. The van der Waals surface area contributed by atoms with Gasteiger partial charge in [-0.25, -0.2) is 0 Å². The minimum absolute atomic E-state index is 0.526. The first-order valence-corrected chi connectivity index (χ1v) is 8.40. The van der Waals surface area contributed by atoms with Crippen LogP contribution >= 0.6 is 0 Å². The molecule has 1 unspecified atom stereocenters. The zero-order chi connectivity index (χ0) is 14.5. The van der Waals surface area contributed by atoms with Crippen molar-refractivity contribution in [1.29, 1.82) is 0 Å². The number of piperidine rings is 1. The highest BCUT2D eigenvalue weighted by molar-refractivity contribution is 5.16. The molecule has 2 fully saturated rings. The topological polar surface area (TPSA) is 31.4 Å². The summed E-state index contributed by atoms with van der Waals surface area (Å²) in [6, 6.07) is 4.93. The largest absolute Gasteiger partial charge is 0.314 e. The zero-order valence-corrected chi connectivity index (χ0v) is 13.2. The van der Waals surface area contributed by atoms with Gasteiger partial charge in [-0.3, -0.25) is 14.8 Å². The van der Waals surface area contributed by atoms with E-state index in [-0.39, 0.29) is 0 Å². The van der Waals surface area contributed by atoms with Gasteiger partial charge in [-0.2, -0.15) is 0 Å². The second-order valence-corrected chi connectivity index (χ2v) is 6.57. The molecule has 2 aliphatic heterocycles. The molecule has 3 heterocycles. The lowest BCUT2D eigenvalue weighted by Gasteiger charge is -2.40. The molecule has 2 saturated heterocycles. The van der Waals surface area contributed by atoms with Crippen molar-refractivity contribution in [3.63, 3.8) is 0 Å². The van der Waals surface area contributed by atoms with Gasteiger partial charge in [-0.1, -0.05) is 6.92 Å². The predicted molar refractivity (Wildman–Crippen MR) is 86.3 cm³/mol. The van der Waals surface area contributed by atoms with Crippen molar-refractivity contribution in [2.75, 3.05) is 45.8 Å². The SMILES string of the molecule is CC1CCN(C(CN2CCNCC2)c2ccncc2)CC1. The highest BCUT2D eigenvalue weighted by Crippen LogP contribution is 2.27. The Labute approximate surface area is 128 Å². The number of likely N-dealkylation sites (tertiary alicyclic amines) is 1. The zero-order valence-electron chi connectivity index (χ0n) is 13.2. The molecule has 0 bridgehead atoms. The third-order valence-corrected chi connectivity index (χ3v) is 4.99. The minimum Gasteiger partial charge on any atom is -0.314 e. The van der Waals surface area contributed by atoms with Gasteiger partial charge in [0.05, 0.1) is 0 Å². The molecule has 0 radical (unpaired) electrons. The maximum absolute atomic E-state index is 4.19. The van der Waals surface area contributed by atoms with Crippen molar-refractivity contribution in [2.24, 2.45) is 5.92 Å². The molecule has 0 saturated carbocycles. The van der Waals surface area contributed by atoms with E-state index >= 15 is 0 Å². The van der Waals surface area contributed by atoms with Gasteiger partial charge >= 0.3 is 0 Å². The molecule has 1 aromatic rings. The summed E-state index contributed by atoms with van der Waals surface area (Å²) in [5.74, 6) is 0.888. The summed E-state index contributed by atoms with van der Waals surface area (Å²) in [6.07, 6.45) is 6.55. The van der Waals surface area contributed by atoms with Crippen molar-refractivity contribution >= 4 is 0 Å². The third kappa shape index (κ3) is 4.02. The number of hydrogen-bond acceptors (Lipinski definition) is 4. The van der Waals surface area contributed by atoms with Crippen molar-refractivity contribution in [2.45, 2.75) is 25.8 Å². The van der Waals surface area contributed by atoms with Crippen LogP contribution < -0.4 is 5.32 Å². The predicted octanol–water partition coefficient (Wildman–Crippen LogP) is 1.76. The van der Waals surface area contributed by atoms with E-state index in [0.717, 1.165) is 25.6 Å². The summed E-state index contributed by atoms with van der Waals surface area (Å²) in [7, 11) is 0. The molecule has 1 N–H and O–H groups in total. The van der Waals surface area contributed by atoms with Crippen LogP contribution in [0.4, 0.5) is 0 Å². The summed E-state index contributed by atoms with van der Waals surface area (Å²) in [4.78, 5) is 9.49. The summed E-state index contributed by atoms with van der Waals surface area (Å²) < 4.78 is 0. The first-order valence-electron chi connectivity index (χ1n) is 8.40. The van der Waals surface area contributed by atoms with Crippen LogP contribution in [-0.4, -0.2) is 60.6 Å². The first-order chi connectivity index (χ1) is 10.3. The fourth-order valence-electron chi connectivity index (χ4n) is 3.50. The molecule has 3 rings (SSSR count). The Morgan fingerprint density at radius 3 is 2.48 bits per heavy atom. The van der Waals surface area contributed by atoms with Crippen molar-refractivity contribution in [3.8, 4) is 0 Å². The van der Waals surface area contributed by atoms with Gasteiger partial charge in [0.15, 0.2) is 0 Å². The van der Waals surface area contributed by atoms with Crippen molar-refractivity contribution < 1.29 is 0 Å². The van der Waals surface area contributed by atoms with E-state index < -0.39 is 0 Å². The van der Waals surface area contributed by atoms with Crippen molar-refractivity contribution in [1.82, 2.24) is 20.1 Å². The summed E-state index contributed by atoms with van der Waals surface area (Å²) in [5.41, 5.74) is 1.43. The number of pyridine rings is 1. The molecule has 0 aliphatic carbocycles. The molecule has 0 aromatic carbocycles. The Morgan fingerprint density at radius 1 is 1.14 bits per heavy atom. The lowest BCUT2D eigenvalue weighted by molar-refractivity contribution is 0.0969. The quantitative estimate of drug-likeness (QED) is 0.915. The Morgan fingerprint density at radius 2 is 1.81 bits per heavy atom. The molecule has 21 heavy (non-hydrogen) atoms. The van der Waals surface area contributed by atoms with E-state index in [0.29, 0.717) is 6.04 Å². The van der Waals surface area contributed by atoms with Crippen LogP contribution in [0.5, 0.6) is 0 Å². The first kappa shape index (κ1) is 14.9. The van der Waals surface area contributed by atoms with E-state index in [1.807, 2.05) is 12.4 Å². The van der Waals surface area contributed by atoms with E-state index in [9.17, 15) is 0 Å². The number of hydrogen-bond donors (Lipinski definition) is 1. The van der Waals surface area contributed by atoms with Crippen LogP contribution in [0.15, 0.2) is 24.5 Å². The van der Waals surface area contributed by atoms with Gasteiger partial charge in [0.1, 0.15) is 0 Å². The monoisotopic (exact) mass is 288 g/mol. The smallest absolute Gasteiger partial charge is 0.0476 e. The van der Waals surface area contributed by atoms with Gasteiger partial charge in [-0.05, 0) is 49.5 Å². The van der Waals surface area contributed by atoms with Gasteiger partial charge in [0.25, 0.3) is 0 Å². The third-order valence-electron chi connectivity index (χ3n) is 4.99. The maximum atomic E-state index is 4.19. The molecule has 1 aromatic heterocycles. The summed E-state index contributed by atoms with van der Waals surface area (Å²) in [5, 5.41) is 3.45. The molecule has 2 aliphatic rings. The molecular weight excluding hydrogens is 260 g/mol. The fraction of sp³-hybridized carbons (Fsp3) is 0.706. The summed E-state index contributed by atoms with van der Waals surface area (Å²) in [6.45, 7) is 10.6. The average molecular weight is 288 g/mol. The van der Waals surface area contributed by atoms with Gasteiger partial charge in [0, 0.05) is 51.2 Å². The average Bonchev–Trinajstić information content (AvgIpc) is 2.55. The van der Waals surface area contributed by atoms with Crippen LogP contribution in [0, 0.1) is 5.92 Å². The molecule has 4 heteroatoms. The molecule has 116 valence electrons. The molecule has 0 spiro atoms. The lowest BCUT2D eigenvalue weighted by atomic mass is 9.95. The van der Waals surface area contributed by atoms with Gasteiger partial charge < -0.3 is 5.32 Å². The van der Waals surface area contributed by atoms with Crippen LogP contribution in [0.3, 0.4) is 0 Å². The normalized spacial score (nSPS) is 24.0. The molecule has 1 atom stereocenters. The van der Waals surface area contributed by atoms with E-state index in [1.54, 1.807) is 0 Å². The van der Waals surface area contributed by atoms with Crippen LogP contribution in [0.1, 0.15) is 31.4 Å². The molecular formula is C17H28N4. The van der Waals surface area contributed by atoms with Crippen molar-refractivity contribution in [3.05, 3.63) is 30.1 Å². The molecule has 4 nitrogen and oxygen atoms in total. The van der Waals surface area contributed by atoms with E-state index in [4.69, 9.17) is 0 Å². The lowest BCUT2D eigenvalue weighted by Crippen LogP contribution is -2.48. The number of nitrogens with one attached hydrogen (secondary N) is 1. The maximum Gasteiger partial charge on any atom is 0.0476 e. The van der Waals surface area contributed by atoms with E-state index in [1.165, 1.54) is 44.6 Å². The number of piperazine rings is 1.